The standard InChI is InChI=1S/C11H18N2O3S.ClH/c1-12-8-3-9-13-17(14,15)11-6-4-10(16-2)5-7-11;/h4-7,12-13H,3,8-9H2,1-2H3;1H. The summed E-state index contributed by atoms with van der Waals surface area (Å²) >= 11 is 0. The predicted molar refractivity (Wildman–Crippen MR) is 74.0 cm³/mol. The molecule has 0 saturated carbocycles. The normalized spacial score (nSPS) is 10.8. The van der Waals surface area contributed by atoms with Crippen molar-refractivity contribution in [2.45, 2.75) is 11.3 Å². The van der Waals surface area contributed by atoms with Crippen LogP contribution in [-0.2, 0) is 10.0 Å². The van der Waals surface area contributed by atoms with E-state index in [4.69, 9.17) is 4.74 Å². The average Bonchev–Trinajstić information content (AvgIpc) is 2.35. The van der Waals surface area contributed by atoms with Gasteiger partial charge in [-0.1, -0.05) is 0 Å². The fourth-order valence-electron chi connectivity index (χ4n) is 1.31. The molecule has 7 heteroatoms. The lowest BCUT2D eigenvalue weighted by molar-refractivity contribution is 0.414. The fraction of sp³-hybridized carbons (Fsp3) is 0.455. The van der Waals surface area contributed by atoms with Crippen LogP contribution in [-0.4, -0.2) is 35.7 Å². The average molecular weight is 295 g/mol. The number of halogens is 1. The minimum atomic E-state index is -3.40. The molecule has 0 bridgehead atoms. The molecule has 18 heavy (non-hydrogen) atoms. The summed E-state index contributed by atoms with van der Waals surface area (Å²) < 4.78 is 31.2. The van der Waals surface area contributed by atoms with E-state index in [1.165, 1.54) is 12.1 Å². The Morgan fingerprint density at radius 1 is 1.17 bits per heavy atom. The number of ether oxygens (including phenoxy) is 1. The molecule has 0 aliphatic heterocycles. The molecule has 1 rings (SSSR count). The third kappa shape index (κ3) is 5.22. The van der Waals surface area contributed by atoms with Gasteiger partial charge in [0.15, 0.2) is 0 Å². The van der Waals surface area contributed by atoms with E-state index >= 15 is 0 Å². The van der Waals surface area contributed by atoms with Gasteiger partial charge in [0.25, 0.3) is 0 Å². The zero-order chi connectivity index (χ0) is 12.7. The van der Waals surface area contributed by atoms with E-state index < -0.39 is 10.0 Å². The Bertz CT molecular complexity index is 434. The molecule has 0 radical (unpaired) electrons. The Balaban J connectivity index is 0.00000289. The highest BCUT2D eigenvalue weighted by molar-refractivity contribution is 7.89. The Hall–Kier alpha value is -0.820. The van der Waals surface area contributed by atoms with Crippen LogP contribution in [0.5, 0.6) is 5.75 Å². The topological polar surface area (TPSA) is 67.4 Å². The maximum absolute atomic E-state index is 11.8. The van der Waals surface area contributed by atoms with Crippen LogP contribution in [0, 0.1) is 0 Å². The highest BCUT2D eigenvalue weighted by atomic mass is 35.5. The molecule has 1 aromatic carbocycles. The van der Waals surface area contributed by atoms with Gasteiger partial charge < -0.3 is 10.1 Å². The van der Waals surface area contributed by atoms with Gasteiger partial charge in [-0.3, -0.25) is 0 Å². The molecule has 0 atom stereocenters. The minimum absolute atomic E-state index is 0. The van der Waals surface area contributed by atoms with Crippen molar-refractivity contribution in [1.82, 2.24) is 10.0 Å². The Labute approximate surface area is 114 Å². The van der Waals surface area contributed by atoms with Crippen LogP contribution < -0.4 is 14.8 Å². The molecule has 0 spiro atoms. The van der Waals surface area contributed by atoms with Crippen LogP contribution in [0.15, 0.2) is 29.2 Å². The van der Waals surface area contributed by atoms with Gasteiger partial charge in [0.2, 0.25) is 10.0 Å². The molecular formula is C11H19ClN2O3S. The molecule has 0 fully saturated rings. The zero-order valence-electron chi connectivity index (χ0n) is 10.5. The summed E-state index contributed by atoms with van der Waals surface area (Å²) in [6, 6.07) is 6.31. The summed E-state index contributed by atoms with van der Waals surface area (Å²) in [5, 5.41) is 2.96. The first-order valence-electron chi connectivity index (χ1n) is 5.38. The van der Waals surface area contributed by atoms with Gasteiger partial charge in [-0.2, -0.15) is 0 Å². The van der Waals surface area contributed by atoms with Crippen molar-refractivity contribution >= 4 is 22.4 Å². The predicted octanol–water partition coefficient (Wildman–Crippen LogP) is 1.00. The Kier molecular flexibility index (Phi) is 7.93. The van der Waals surface area contributed by atoms with Crippen LogP contribution >= 0.6 is 12.4 Å². The third-order valence-corrected chi connectivity index (χ3v) is 3.74. The second-order valence-corrected chi connectivity index (χ2v) is 5.30. The summed E-state index contributed by atoms with van der Waals surface area (Å²) in [4.78, 5) is 0.253. The highest BCUT2D eigenvalue weighted by Gasteiger charge is 2.12. The van der Waals surface area contributed by atoms with Gasteiger partial charge in [0.1, 0.15) is 5.75 Å². The largest absolute Gasteiger partial charge is 0.497 e. The lowest BCUT2D eigenvalue weighted by Gasteiger charge is -2.07. The number of benzene rings is 1. The smallest absolute Gasteiger partial charge is 0.240 e. The van der Waals surface area contributed by atoms with E-state index in [2.05, 4.69) is 10.0 Å². The van der Waals surface area contributed by atoms with Crippen molar-refractivity contribution in [2.75, 3.05) is 27.2 Å². The van der Waals surface area contributed by atoms with E-state index in [-0.39, 0.29) is 17.3 Å². The number of hydrogen-bond acceptors (Lipinski definition) is 4. The molecule has 0 saturated heterocycles. The van der Waals surface area contributed by atoms with Gasteiger partial charge >= 0.3 is 0 Å². The molecule has 0 unspecified atom stereocenters. The van der Waals surface area contributed by atoms with Crippen LogP contribution in [0.4, 0.5) is 0 Å². The van der Waals surface area contributed by atoms with Crippen molar-refractivity contribution in [3.05, 3.63) is 24.3 Å². The van der Waals surface area contributed by atoms with E-state index in [9.17, 15) is 8.42 Å². The van der Waals surface area contributed by atoms with E-state index in [1.807, 2.05) is 7.05 Å². The lowest BCUT2D eigenvalue weighted by atomic mass is 10.3. The second kappa shape index (κ2) is 8.31. The molecule has 5 nitrogen and oxygen atoms in total. The number of sulfonamides is 1. The number of nitrogens with one attached hydrogen (secondary N) is 2. The zero-order valence-corrected chi connectivity index (χ0v) is 12.1. The van der Waals surface area contributed by atoms with Crippen molar-refractivity contribution in [3.63, 3.8) is 0 Å². The number of rotatable bonds is 7. The molecule has 104 valence electrons. The molecule has 0 aliphatic rings. The van der Waals surface area contributed by atoms with Crippen molar-refractivity contribution < 1.29 is 13.2 Å². The molecule has 0 aromatic heterocycles. The van der Waals surface area contributed by atoms with Gasteiger partial charge in [-0.05, 0) is 44.3 Å². The summed E-state index contributed by atoms with van der Waals surface area (Å²) in [6.07, 6.45) is 0.756. The van der Waals surface area contributed by atoms with Crippen LogP contribution in [0.25, 0.3) is 0 Å². The summed E-state index contributed by atoms with van der Waals surface area (Å²) in [5.74, 6) is 0.638. The van der Waals surface area contributed by atoms with Crippen molar-refractivity contribution in [3.8, 4) is 5.75 Å². The monoisotopic (exact) mass is 294 g/mol. The highest BCUT2D eigenvalue weighted by Crippen LogP contribution is 2.14. The molecule has 0 heterocycles. The minimum Gasteiger partial charge on any atom is -0.497 e. The first-order chi connectivity index (χ1) is 8.10. The summed E-state index contributed by atoms with van der Waals surface area (Å²) in [6.45, 7) is 1.21. The van der Waals surface area contributed by atoms with Crippen LogP contribution in [0.1, 0.15) is 6.42 Å². The molecule has 1 aromatic rings. The number of methoxy groups -OCH3 is 1. The maximum Gasteiger partial charge on any atom is 0.240 e. The van der Waals surface area contributed by atoms with Gasteiger partial charge in [-0.25, -0.2) is 13.1 Å². The van der Waals surface area contributed by atoms with E-state index in [0.29, 0.717) is 12.3 Å². The second-order valence-electron chi connectivity index (χ2n) is 3.53. The number of hydrogen-bond donors (Lipinski definition) is 2. The van der Waals surface area contributed by atoms with Crippen molar-refractivity contribution in [2.24, 2.45) is 0 Å². The molecule has 2 N–H and O–H groups in total. The first kappa shape index (κ1) is 17.2. The Morgan fingerprint density at radius 3 is 2.28 bits per heavy atom. The Morgan fingerprint density at radius 2 is 1.78 bits per heavy atom. The van der Waals surface area contributed by atoms with Gasteiger partial charge in [-0.15, -0.1) is 12.4 Å². The van der Waals surface area contributed by atoms with Gasteiger partial charge in [0, 0.05) is 6.54 Å². The van der Waals surface area contributed by atoms with E-state index in [1.54, 1.807) is 19.2 Å². The summed E-state index contributed by atoms with van der Waals surface area (Å²) in [7, 11) is -0.0266. The third-order valence-electron chi connectivity index (χ3n) is 2.27. The fourth-order valence-corrected chi connectivity index (χ4v) is 2.38. The van der Waals surface area contributed by atoms with Crippen LogP contribution in [0.2, 0.25) is 0 Å². The van der Waals surface area contributed by atoms with E-state index in [0.717, 1.165) is 13.0 Å². The molecule has 0 aliphatic carbocycles. The molecular weight excluding hydrogens is 276 g/mol. The van der Waals surface area contributed by atoms with Gasteiger partial charge in [0.05, 0.1) is 12.0 Å². The first-order valence-corrected chi connectivity index (χ1v) is 6.87. The molecule has 0 amide bonds. The lowest BCUT2D eigenvalue weighted by Crippen LogP contribution is -2.26. The van der Waals surface area contributed by atoms with Crippen LogP contribution in [0.3, 0.4) is 0 Å². The van der Waals surface area contributed by atoms with Crippen molar-refractivity contribution in [1.29, 1.82) is 0 Å². The SMILES string of the molecule is CNCCCNS(=O)(=O)c1ccc(OC)cc1.Cl. The summed E-state index contributed by atoms with van der Waals surface area (Å²) in [5.41, 5.74) is 0. The quantitative estimate of drug-likeness (QED) is 0.737. The maximum atomic E-state index is 11.8.